The second-order valence-electron chi connectivity index (χ2n) is 4.91. The molecular formula is C11H21N3O. The van der Waals surface area contributed by atoms with Crippen molar-refractivity contribution >= 4 is 0 Å². The van der Waals surface area contributed by atoms with E-state index in [1.54, 1.807) is 0 Å². The fourth-order valence-corrected chi connectivity index (χ4v) is 1.19. The van der Waals surface area contributed by atoms with E-state index in [1.807, 2.05) is 0 Å². The molecule has 4 heteroatoms. The molecule has 1 aromatic rings. The average molecular weight is 211 g/mol. The van der Waals surface area contributed by atoms with Crippen LogP contribution in [0.25, 0.3) is 0 Å². The van der Waals surface area contributed by atoms with Gasteiger partial charge in [0.2, 0.25) is 5.89 Å². The minimum atomic E-state index is -0.0420. The Bertz CT molecular complexity index is 301. The molecule has 4 nitrogen and oxygen atoms in total. The van der Waals surface area contributed by atoms with E-state index < -0.39 is 0 Å². The number of likely N-dealkylation sites (N-methyl/N-ethyl adjacent to an activating group) is 1. The minimum Gasteiger partial charge on any atom is -0.339 e. The zero-order valence-corrected chi connectivity index (χ0v) is 10.3. The van der Waals surface area contributed by atoms with E-state index in [0.29, 0.717) is 0 Å². The molecule has 0 saturated heterocycles. The number of hydrogen-bond acceptors (Lipinski definition) is 4. The number of nitrogens with one attached hydrogen (secondary N) is 1. The van der Waals surface area contributed by atoms with E-state index in [1.165, 1.54) is 0 Å². The summed E-state index contributed by atoms with van der Waals surface area (Å²) in [6.07, 6.45) is 0. The van der Waals surface area contributed by atoms with Crippen molar-refractivity contribution in [2.45, 2.75) is 46.0 Å². The number of hydrogen-bond donors (Lipinski definition) is 1. The summed E-state index contributed by atoms with van der Waals surface area (Å²) < 4.78 is 5.25. The molecule has 0 saturated carbocycles. The van der Waals surface area contributed by atoms with Crippen LogP contribution < -0.4 is 5.32 Å². The molecular weight excluding hydrogens is 190 g/mol. The van der Waals surface area contributed by atoms with Gasteiger partial charge >= 0.3 is 0 Å². The Labute approximate surface area is 91.5 Å². The number of aromatic nitrogens is 2. The molecule has 0 aromatic carbocycles. The molecule has 0 bridgehead atoms. The van der Waals surface area contributed by atoms with Gasteiger partial charge in [0, 0.05) is 17.9 Å². The number of rotatable bonds is 4. The molecule has 0 radical (unpaired) electrons. The highest BCUT2D eigenvalue weighted by Crippen LogP contribution is 2.21. The van der Waals surface area contributed by atoms with Crippen LogP contribution in [0.4, 0.5) is 0 Å². The summed E-state index contributed by atoms with van der Waals surface area (Å²) in [6.45, 7) is 12.3. The average Bonchev–Trinajstić information content (AvgIpc) is 2.62. The summed E-state index contributed by atoms with van der Waals surface area (Å²) >= 11 is 0. The molecule has 1 atom stereocenters. The van der Waals surface area contributed by atoms with Gasteiger partial charge in [-0.2, -0.15) is 4.98 Å². The third-order valence-electron chi connectivity index (χ3n) is 2.23. The lowest BCUT2D eigenvalue weighted by Crippen LogP contribution is -2.20. The van der Waals surface area contributed by atoms with E-state index >= 15 is 0 Å². The van der Waals surface area contributed by atoms with E-state index in [0.717, 1.165) is 24.8 Å². The van der Waals surface area contributed by atoms with Crippen molar-refractivity contribution in [3.05, 3.63) is 11.7 Å². The van der Waals surface area contributed by atoms with Gasteiger partial charge in [-0.1, -0.05) is 39.8 Å². The molecule has 1 unspecified atom stereocenters. The lowest BCUT2D eigenvalue weighted by Gasteiger charge is -2.11. The van der Waals surface area contributed by atoms with Crippen molar-refractivity contribution in [1.82, 2.24) is 15.5 Å². The molecule has 0 fully saturated rings. The van der Waals surface area contributed by atoms with Crippen molar-refractivity contribution in [2.75, 3.05) is 13.1 Å². The second-order valence-corrected chi connectivity index (χ2v) is 4.91. The highest BCUT2D eigenvalue weighted by molar-refractivity contribution is 5.02. The molecule has 0 aliphatic carbocycles. The van der Waals surface area contributed by atoms with Crippen molar-refractivity contribution in [3.8, 4) is 0 Å². The molecule has 1 aromatic heterocycles. The second kappa shape index (κ2) is 4.75. The molecule has 15 heavy (non-hydrogen) atoms. The molecule has 0 aliphatic rings. The van der Waals surface area contributed by atoms with E-state index in [9.17, 15) is 0 Å². The summed E-state index contributed by atoms with van der Waals surface area (Å²) in [6, 6.07) is 0. The van der Waals surface area contributed by atoms with Crippen LogP contribution in [0, 0.1) is 0 Å². The summed E-state index contributed by atoms with van der Waals surface area (Å²) in [4.78, 5) is 4.42. The van der Waals surface area contributed by atoms with Crippen LogP contribution in [-0.4, -0.2) is 23.2 Å². The third kappa shape index (κ3) is 3.30. The summed E-state index contributed by atoms with van der Waals surface area (Å²) in [7, 11) is 0. The maximum Gasteiger partial charge on any atom is 0.230 e. The Hall–Kier alpha value is -0.900. The highest BCUT2D eigenvalue weighted by atomic mass is 16.5. The molecule has 1 rings (SSSR count). The Morgan fingerprint density at radius 3 is 2.53 bits per heavy atom. The lowest BCUT2D eigenvalue weighted by atomic mass is 9.96. The van der Waals surface area contributed by atoms with Gasteiger partial charge in [0.05, 0.1) is 0 Å². The van der Waals surface area contributed by atoms with E-state index in [2.05, 4.69) is 50.1 Å². The fourth-order valence-electron chi connectivity index (χ4n) is 1.19. The van der Waals surface area contributed by atoms with Crippen LogP contribution in [0.5, 0.6) is 0 Å². The van der Waals surface area contributed by atoms with Crippen LogP contribution >= 0.6 is 0 Å². The molecule has 86 valence electrons. The van der Waals surface area contributed by atoms with Crippen molar-refractivity contribution in [2.24, 2.45) is 0 Å². The largest absolute Gasteiger partial charge is 0.339 e. The maximum atomic E-state index is 5.25. The lowest BCUT2D eigenvalue weighted by molar-refractivity contribution is 0.344. The first-order valence-electron chi connectivity index (χ1n) is 5.50. The Balaban J connectivity index is 2.67. The van der Waals surface area contributed by atoms with Crippen LogP contribution in [0.15, 0.2) is 4.52 Å². The molecule has 1 heterocycles. The fraction of sp³-hybridized carbons (Fsp3) is 0.818. The highest BCUT2D eigenvalue weighted by Gasteiger charge is 2.22. The number of nitrogens with zero attached hydrogens (tertiary/aromatic N) is 2. The van der Waals surface area contributed by atoms with Crippen molar-refractivity contribution < 1.29 is 4.52 Å². The summed E-state index contributed by atoms with van der Waals surface area (Å²) in [5, 5.41) is 7.27. The SMILES string of the molecule is CCNCC(C)c1nc(C(C)(C)C)no1. The quantitative estimate of drug-likeness (QED) is 0.828. The van der Waals surface area contributed by atoms with E-state index in [-0.39, 0.29) is 11.3 Å². The summed E-state index contributed by atoms with van der Waals surface area (Å²) in [5.74, 6) is 1.77. The Morgan fingerprint density at radius 1 is 1.40 bits per heavy atom. The van der Waals surface area contributed by atoms with Gasteiger partial charge in [-0.15, -0.1) is 0 Å². The van der Waals surface area contributed by atoms with Crippen molar-refractivity contribution in [1.29, 1.82) is 0 Å². The predicted molar refractivity (Wildman–Crippen MR) is 60.0 cm³/mol. The topological polar surface area (TPSA) is 51.0 Å². The monoisotopic (exact) mass is 211 g/mol. The standard InChI is InChI=1S/C11H21N3O/c1-6-12-7-8(2)9-13-10(14-15-9)11(3,4)5/h8,12H,6-7H2,1-5H3. The Morgan fingerprint density at radius 2 is 2.07 bits per heavy atom. The zero-order chi connectivity index (χ0) is 11.5. The minimum absolute atomic E-state index is 0.0420. The molecule has 1 N–H and O–H groups in total. The zero-order valence-electron chi connectivity index (χ0n) is 10.3. The van der Waals surface area contributed by atoms with Gasteiger partial charge in [0.1, 0.15) is 0 Å². The van der Waals surface area contributed by atoms with Crippen LogP contribution in [0.1, 0.15) is 52.3 Å². The third-order valence-corrected chi connectivity index (χ3v) is 2.23. The van der Waals surface area contributed by atoms with Gasteiger partial charge in [0.25, 0.3) is 0 Å². The Kier molecular flexibility index (Phi) is 3.85. The first-order chi connectivity index (χ1) is 6.95. The molecule has 0 amide bonds. The normalized spacial score (nSPS) is 14.2. The molecule has 0 aliphatic heterocycles. The smallest absolute Gasteiger partial charge is 0.230 e. The first kappa shape index (κ1) is 12.2. The molecule has 0 spiro atoms. The first-order valence-corrected chi connectivity index (χ1v) is 5.50. The van der Waals surface area contributed by atoms with Gasteiger partial charge in [-0.25, -0.2) is 0 Å². The van der Waals surface area contributed by atoms with Gasteiger partial charge in [-0.3, -0.25) is 0 Å². The van der Waals surface area contributed by atoms with Gasteiger partial charge in [-0.05, 0) is 6.54 Å². The predicted octanol–water partition coefficient (Wildman–Crippen LogP) is 2.08. The van der Waals surface area contributed by atoms with Gasteiger partial charge < -0.3 is 9.84 Å². The van der Waals surface area contributed by atoms with Gasteiger partial charge in [0.15, 0.2) is 5.82 Å². The van der Waals surface area contributed by atoms with Crippen molar-refractivity contribution in [3.63, 3.8) is 0 Å². The van der Waals surface area contributed by atoms with Crippen LogP contribution in [0.3, 0.4) is 0 Å². The van der Waals surface area contributed by atoms with E-state index in [4.69, 9.17) is 4.52 Å². The summed E-state index contributed by atoms with van der Waals surface area (Å²) in [5.41, 5.74) is -0.0420. The maximum absolute atomic E-state index is 5.25. The van der Waals surface area contributed by atoms with Crippen LogP contribution in [0.2, 0.25) is 0 Å². The van der Waals surface area contributed by atoms with Crippen LogP contribution in [-0.2, 0) is 5.41 Å².